The van der Waals surface area contributed by atoms with Crippen molar-refractivity contribution in [1.82, 2.24) is 25.2 Å². The smallest absolute Gasteiger partial charge is 0.253 e. The lowest BCUT2D eigenvalue weighted by molar-refractivity contribution is -0.117. The topological polar surface area (TPSA) is 91.3 Å². The van der Waals surface area contributed by atoms with Gasteiger partial charge in [-0.25, -0.2) is 9.37 Å². The van der Waals surface area contributed by atoms with Crippen LogP contribution in [0.5, 0.6) is 0 Å². The van der Waals surface area contributed by atoms with Crippen LogP contribution >= 0.6 is 11.6 Å². The molecular weight excluding hydrogens is 483 g/mol. The van der Waals surface area contributed by atoms with Gasteiger partial charge in [-0.3, -0.25) is 19.7 Å². The number of aromatic nitrogens is 3. The molecule has 1 N–H and O–H groups in total. The zero-order chi connectivity index (χ0) is 25.9. The van der Waals surface area contributed by atoms with E-state index >= 15 is 0 Å². The van der Waals surface area contributed by atoms with E-state index < -0.39 is 5.67 Å². The van der Waals surface area contributed by atoms with Gasteiger partial charge in [0.05, 0.1) is 18.3 Å². The summed E-state index contributed by atoms with van der Waals surface area (Å²) in [7, 11) is 1.92. The van der Waals surface area contributed by atoms with Crippen molar-refractivity contribution in [2.75, 3.05) is 31.6 Å². The predicted octanol–water partition coefficient (Wildman–Crippen LogP) is 3.57. The van der Waals surface area contributed by atoms with Gasteiger partial charge in [-0.15, -0.1) is 0 Å². The first kappa shape index (κ1) is 25.4. The van der Waals surface area contributed by atoms with Crippen LogP contribution in [0.1, 0.15) is 18.1 Å². The molecule has 10 heteroatoms. The van der Waals surface area contributed by atoms with Crippen molar-refractivity contribution in [1.29, 1.82) is 0 Å². The van der Waals surface area contributed by atoms with E-state index in [0.717, 1.165) is 11.8 Å². The van der Waals surface area contributed by atoms with Gasteiger partial charge in [0.25, 0.3) is 5.91 Å². The molecule has 2 aromatic heterocycles. The first-order valence-corrected chi connectivity index (χ1v) is 11.7. The van der Waals surface area contributed by atoms with Crippen molar-refractivity contribution >= 4 is 46.7 Å². The molecule has 1 fully saturated rings. The molecule has 5 rings (SSSR count). The molecule has 2 aliphatic rings. The maximum atomic E-state index is 12.9. The van der Waals surface area contributed by atoms with Gasteiger partial charge in [0.1, 0.15) is 28.8 Å². The number of amides is 1. The van der Waals surface area contributed by atoms with Crippen molar-refractivity contribution in [2.45, 2.75) is 19.1 Å². The van der Waals surface area contributed by atoms with Crippen molar-refractivity contribution < 1.29 is 14.0 Å². The minimum atomic E-state index is -0.880. The molecule has 0 aliphatic carbocycles. The van der Waals surface area contributed by atoms with Crippen LogP contribution in [0.2, 0.25) is 5.02 Å². The summed E-state index contributed by atoms with van der Waals surface area (Å²) in [6, 6.07) is 7.21. The lowest BCUT2D eigenvalue weighted by atomic mass is 10.0. The van der Waals surface area contributed by atoms with Gasteiger partial charge in [0.15, 0.2) is 0 Å². The Hall–Kier alpha value is -3.69. The summed E-state index contributed by atoms with van der Waals surface area (Å²) in [5.74, 6) is 0.205. The molecular formula is C26H26ClFN6O2. The standard InChI is InChI=1S/C21H16ClN5O2.C5H10FN/c1-13-16(21(29)26-11-14-2-4-15(22)5-3-14)10-17-19-18(23-6-7-24-19)12-25-20(17)27(13)8-9-28;1-5(6)3-7(2)4-5/h2-7,9-10,12H,1,8,11H2,(H,26,29);3-4H2,1-2H3. The Labute approximate surface area is 213 Å². The van der Waals surface area contributed by atoms with Crippen molar-refractivity contribution in [2.24, 2.45) is 0 Å². The van der Waals surface area contributed by atoms with Crippen LogP contribution in [0, 0.1) is 0 Å². The quantitative estimate of drug-likeness (QED) is 0.527. The lowest BCUT2D eigenvalue weighted by Crippen LogP contribution is -2.54. The maximum absolute atomic E-state index is 12.9. The second-order valence-corrected chi connectivity index (χ2v) is 9.40. The third kappa shape index (κ3) is 5.58. The van der Waals surface area contributed by atoms with Crippen LogP contribution in [0.3, 0.4) is 0 Å². The monoisotopic (exact) mass is 508 g/mol. The van der Waals surface area contributed by atoms with E-state index in [4.69, 9.17) is 11.6 Å². The van der Waals surface area contributed by atoms with Crippen LogP contribution in [0.15, 0.2) is 60.7 Å². The highest BCUT2D eigenvalue weighted by atomic mass is 35.5. The Morgan fingerprint density at radius 2 is 1.92 bits per heavy atom. The van der Waals surface area contributed by atoms with Gasteiger partial charge in [-0.1, -0.05) is 30.3 Å². The number of aldehydes is 1. The molecule has 2 aliphatic heterocycles. The molecule has 0 atom stereocenters. The summed E-state index contributed by atoms with van der Waals surface area (Å²) in [5.41, 5.74) is 2.59. The summed E-state index contributed by atoms with van der Waals surface area (Å²) in [6.07, 6.45) is 7.17. The molecule has 0 bridgehead atoms. The number of hydrogen-bond acceptors (Lipinski definition) is 7. The van der Waals surface area contributed by atoms with E-state index in [9.17, 15) is 14.0 Å². The molecule has 186 valence electrons. The maximum Gasteiger partial charge on any atom is 0.253 e. The number of nitrogens with zero attached hydrogens (tertiary/aromatic N) is 5. The molecule has 4 heterocycles. The molecule has 0 saturated carbocycles. The fraction of sp³-hybridized carbons (Fsp3) is 0.269. The van der Waals surface area contributed by atoms with Gasteiger partial charge in [-0.05, 0) is 37.7 Å². The number of nitrogens with one attached hydrogen (secondary N) is 1. The zero-order valence-corrected chi connectivity index (χ0v) is 20.8. The zero-order valence-electron chi connectivity index (χ0n) is 20.0. The third-order valence-corrected chi connectivity index (χ3v) is 6.03. The fourth-order valence-electron chi connectivity index (χ4n) is 4.22. The Morgan fingerprint density at radius 1 is 1.22 bits per heavy atom. The highest BCUT2D eigenvalue weighted by Crippen LogP contribution is 2.35. The van der Waals surface area contributed by atoms with Crippen molar-refractivity contribution in [3.8, 4) is 0 Å². The number of benzene rings is 1. The lowest BCUT2D eigenvalue weighted by Gasteiger charge is -2.39. The summed E-state index contributed by atoms with van der Waals surface area (Å²) in [5, 5.41) is 3.51. The highest BCUT2D eigenvalue weighted by molar-refractivity contribution is 6.30. The molecule has 3 aromatic rings. The first-order chi connectivity index (χ1) is 17.2. The van der Waals surface area contributed by atoms with Crippen LogP contribution in [-0.2, 0) is 16.1 Å². The second kappa shape index (κ2) is 10.5. The Balaban J connectivity index is 0.000000375. The van der Waals surface area contributed by atoms with Gasteiger partial charge in [-0.2, -0.15) is 0 Å². The Morgan fingerprint density at radius 3 is 2.53 bits per heavy atom. The molecule has 8 nitrogen and oxygen atoms in total. The molecule has 0 radical (unpaired) electrons. The molecule has 1 aromatic carbocycles. The van der Waals surface area contributed by atoms with Crippen LogP contribution < -0.4 is 10.2 Å². The summed E-state index contributed by atoms with van der Waals surface area (Å²) >= 11 is 5.90. The number of fused-ring (bicyclic) bond motifs is 3. The molecule has 0 spiro atoms. The molecule has 0 unspecified atom stereocenters. The summed E-state index contributed by atoms with van der Waals surface area (Å²) in [4.78, 5) is 40.7. The Bertz CT molecular complexity index is 1330. The molecule has 1 amide bonds. The number of anilines is 1. The SMILES string of the molecule is C=C1C(C(=O)NCc2ccc(Cl)cc2)=Cc2c(ncc3nccnc23)N1CC=O.CN1CC(C)(F)C1. The average molecular weight is 509 g/mol. The normalized spacial score (nSPS) is 16.3. The van der Waals surface area contributed by atoms with E-state index in [1.54, 1.807) is 48.6 Å². The number of halogens is 2. The third-order valence-electron chi connectivity index (χ3n) is 5.78. The van der Waals surface area contributed by atoms with E-state index in [1.807, 2.05) is 24.1 Å². The number of carbonyl (C=O) groups excluding carboxylic acids is 2. The van der Waals surface area contributed by atoms with Gasteiger partial charge < -0.3 is 15.0 Å². The van der Waals surface area contributed by atoms with Gasteiger partial charge in [0.2, 0.25) is 0 Å². The van der Waals surface area contributed by atoms with Gasteiger partial charge in [0, 0.05) is 48.3 Å². The fourth-order valence-corrected chi connectivity index (χ4v) is 4.35. The predicted molar refractivity (Wildman–Crippen MR) is 138 cm³/mol. The summed E-state index contributed by atoms with van der Waals surface area (Å²) in [6.45, 7) is 7.20. The number of pyridine rings is 1. The summed E-state index contributed by atoms with van der Waals surface area (Å²) < 4.78 is 12.4. The first-order valence-electron chi connectivity index (χ1n) is 11.3. The number of rotatable bonds is 5. The minimum absolute atomic E-state index is 0.0202. The van der Waals surface area contributed by atoms with Crippen molar-refractivity contribution in [3.05, 3.63) is 76.9 Å². The highest BCUT2D eigenvalue weighted by Gasteiger charge is 2.35. The van der Waals surface area contributed by atoms with Crippen LogP contribution in [-0.4, -0.2) is 64.4 Å². The second-order valence-electron chi connectivity index (χ2n) is 8.96. The van der Waals surface area contributed by atoms with Crippen LogP contribution in [0.4, 0.5) is 10.2 Å². The van der Waals surface area contributed by atoms with E-state index in [0.29, 0.717) is 58.3 Å². The average Bonchev–Trinajstić information content (AvgIpc) is 2.84. The van der Waals surface area contributed by atoms with Gasteiger partial charge >= 0.3 is 0 Å². The van der Waals surface area contributed by atoms with Crippen LogP contribution in [0.25, 0.3) is 17.1 Å². The minimum Gasteiger partial charge on any atom is -0.348 e. The van der Waals surface area contributed by atoms with E-state index in [1.165, 1.54) is 0 Å². The largest absolute Gasteiger partial charge is 0.348 e. The molecule has 36 heavy (non-hydrogen) atoms. The van der Waals surface area contributed by atoms with Crippen molar-refractivity contribution in [3.63, 3.8) is 0 Å². The Kier molecular flexibility index (Phi) is 7.42. The van der Waals surface area contributed by atoms with E-state index in [-0.39, 0.29) is 12.5 Å². The number of alkyl halides is 1. The number of likely N-dealkylation sites (tertiary alicyclic amines) is 1. The van der Waals surface area contributed by atoms with E-state index in [2.05, 4.69) is 26.8 Å². The molecule has 1 saturated heterocycles. The number of carbonyl (C=O) groups is 2. The number of hydrogen-bond donors (Lipinski definition) is 1.